The Morgan fingerprint density at radius 2 is 1.11 bits per heavy atom. The molecule has 0 bridgehead atoms. The van der Waals surface area contributed by atoms with Gasteiger partial charge in [0.25, 0.3) is 23.6 Å². The van der Waals surface area contributed by atoms with Crippen molar-refractivity contribution in [1.82, 2.24) is 40.0 Å². The van der Waals surface area contributed by atoms with E-state index in [1.165, 1.54) is 46.9 Å². The Bertz CT molecular complexity index is 3390. The van der Waals surface area contributed by atoms with Crippen molar-refractivity contribution in [1.29, 1.82) is 10.5 Å². The van der Waals surface area contributed by atoms with Gasteiger partial charge in [-0.2, -0.15) is 20.7 Å². The Balaban J connectivity index is 0.000000231. The zero-order chi connectivity index (χ0) is 58.6. The summed E-state index contributed by atoms with van der Waals surface area (Å²) in [7, 11) is -4.57. The molecule has 80 heavy (non-hydrogen) atoms. The summed E-state index contributed by atoms with van der Waals surface area (Å²) in [6.45, 7) is 4.99. The molecule has 4 heterocycles. The number of rotatable bonds is 23. The Morgan fingerprint density at radius 3 is 1.45 bits per heavy atom. The second kappa shape index (κ2) is 23.8. The van der Waals surface area contributed by atoms with Crippen LogP contribution in [-0.4, -0.2) is 154 Å². The topological polar surface area (TPSA) is 344 Å². The summed E-state index contributed by atoms with van der Waals surface area (Å²) in [5.74, 6) is -1.67. The van der Waals surface area contributed by atoms with Crippen molar-refractivity contribution < 1.29 is 54.3 Å². The van der Waals surface area contributed by atoms with Crippen LogP contribution in [0.25, 0.3) is 10.4 Å². The highest BCUT2D eigenvalue weighted by Crippen LogP contribution is 2.51. The minimum Gasteiger partial charge on any atom is -0.347 e. The number of ether oxygens (including phenoxy) is 2. The summed E-state index contributed by atoms with van der Waals surface area (Å²) in [4.78, 5) is 58.3. The number of halogens is 2. The Labute approximate surface area is 462 Å². The first-order chi connectivity index (χ1) is 37.7. The maximum atomic E-state index is 13.9. The number of nitriles is 2. The molecular weight excluding hydrogens is 1080 g/mol. The Morgan fingerprint density at radius 1 is 0.738 bits per heavy atom. The third-order valence-electron chi connectivity index (χ3n) is 14.9. The minimum atomic E-state index is -3.89. The van der Waals surface area contributed by atoms with E-state index in [0.717, 1.165) is 11.1 Å². The van der Waals surface area contributed by atoms with Gasteiger partial charge in [-0.1, -0.05) is 29.4 Å². The third kappa shape index (κ3) is 12.3. The standard InChI is InChI=1S/C26H31FN8O5S.C26H33FN6O5S/c1-25(2,16-40-20(27)14-31-33-29)41(38,39)26(9-10-26)15-35-11-8-19-21(32-34(3)22(19)24(35)37)23(36)30-13-18-6-4-17(12-28)5-7-18;1-25(2,16-38-20(27)13-29)39(36,37)26(9-10-26)15-33-11-8-19-21(31-32(3)22(19)24(33)35)23(34)30-14-18-6-4-17(12-28)5-7-18/h4-7,20H,8-11,13-16H2,1-3H3,(H,30,36);4-7,20H,8-11,13-16,29H2,1-3H3,(H,30,34). The van der Waals surface area contributed by atoms with Crippen LogP contribution in [0.5, 0.6) is 0 Å². The molecule has 4 amide bonds. The monoisotopic (exact) mass is 1150 g/mol. The van der Waals surface area contributed by atoms with Gasteiger partial charge in [0.05, 0.1) is 62.0 Å². The molecule has 2 aromatic carbocycles. The number of hydrogen-bond donors (Lipinski definition) is 3. The lowest BCUT2D eigenvalue weighted by molar-refractivity contribution is -0.0388. The average molecular weight is 1150 g/mol. The van der Waals surface area contributed by atoms with Gasteiger partial charge in [0.1, 0.15) is 11.4 Å². The summed E-state index contributed by atoms with van der Waals surface area (Å²) in [6.07, 6.45) is -1.55. The second-order valence-electron chi connectivity index (χ2n) is 21.5. The zero-order valence-corrected chi connectivity index (χ0v) is 46.9. The van der Waals surface area contributed by atoms with E-state index in [1.54, 1.807) is 62.6 Å². The summed E-state index contributed by atoms with van der Waals surface area (Å²) in [5, 5.41) is 35.1. The molecule has 2 unspecified atom stereocenters. The van der Waals surface area contributed by atoms with E-state index < -0.39 is 82.3 Å². The van der Waals surface area contributed by atoms with E-state index in [0.29, 0.717) is 60.8 Å². The fourth-order valence-electron chi connectivity index (χ4n) is 9.86. The Kier molecular flexibility index (Phi) is 17.9. The number of hydrogen-bond acceptors (Lipinski definition) is 16. The number of carbonyl (C=O) groups excluding carboxylic acids is 4. The number of nitrogens with one attached hydrogen (secondary N) is 2. The van der Waals surface area contributed by atoms with Crippen molar-refractivity contribution in [3.05, 3.63) is 115 Å². The number of carbonyl (C=O) groups is 4. The molecule has 4 N–H and O–H groups in total. The number of nitrogens with zero attached hydrogens (tertiary/aromatic N) is 11. The van der Waals surface area contributed by atoms with Crippen molar-refractivity contribution in [2.75, 3.05) is 52.5 Å². The molecule has 28 heteroatoms. The van der Waals surface area contributed by atoms with Gasteiger partial charge in [-0.3, -0.25) is 28.5 Å². The molecule has 428 valence electrons. The van der Waals surface area contributed by atoms with Crippen LogP contribution in [-0.2, 0) is 69.2 Å². The van der Waals surface area contributed by atoms with Crippen LogP contribution in [0.4, 0.5) is 8.78 Å². The van der Waals surface area contributed by atoms with Gasteiger partial charge in [0, 0.05) is 75.9 Å². The average Bonchev–Trinajstić information content (AvgIpc) is 4.54. The largest absolute Gasteiger partial charge is 0.347 e. The summed E-state index contributed by atoms with van der Waals surface area (Å²) in [5.41, 5.74) is 18.0. The predicted molar refractivity (Wildman–Crippen MR) is 285 cm³/mol. The molecular formula is C52H64F2N14O10S2. The highest BCUT2D eigenvalue weighted by molar-refractivity contribution is 7.94. The summed E-state index contributed by atoms with van der Waals surface area (Å²) in [6, 6.07) is 17.7. The lowest BCUT2D eigenvalue weighted by atomic mass is 10.0. The van der Waals surface area contributed by atoms with E-state index in [9.17, 15) is 44.8 Å². The minimum absolute atomic E-state index is 0.00161. The quantitative estimate of drug-likeness (QED) is 0.0540. The molecule has 24 nitrogen and oxygen atoms in total. The number of aromatic nitrogens is 4. The van der Waals surface area contributed by atoms with Crippen LogP contribution in [0.2, 0.25) is 0 Å². The van der Waals surface area contributed by atoms with Gasteiger partial charge in [0.2, 0.25) is 12.7 Å². The summed E-state index contributed by atoms with van der Waals surface area (Å²) >= 11 is 0. The van der Waals surface area contributed by atoms with Crippen LogP contribution in [0.3, 0.4) is 0 Å². The number of sulfone groups is 2. The third-order valence-corrected chi connectivity index (χ3v) is 21.4. The van der Waals surface area contributed by atoms with Gasteiger partial charge in [0.15, 0.2) is 31.1 Å². The first-order valence-corrected chi connectivity index (χ1v) is 28.6. The number of azide groups is 1. The fourth-order valence-corrected chi connectivity index (χ4v) is 14.6. The fraction of sp³-hybridized carbons (Fsp3) is 0.538. The van der Waals surface area contributed by atoms with Crippen LogP contribution in [0.15, 0.2) is 53.6 Å². The Hall–Kier alpha value is -7.33. The molecule has 2 saturated carbocycles. The van der Waals surface area contributed by atoms with Crippen LogP contribution in [0.1, 0.15) is 129 Å². The molecule has 0 spiro atoms. The highest BCUT2D eigenvalue weighted by atomic mass is 32.2. The smallest absolute Gasteiger partial charge is 0.272 e. The van der Waals surface area contributed by atoms with Crippen molar-refractivity contribution in [3.8, 4) is 12.1 Å². The number of benzene rings is 2. The second-order valence-corrected chi connectivity index (χ2v) is 27.5. The molecule has 0 radical (unpaired) electrons. The SMILES string of the molecule is Cn1nc(C(=O)NCc2ccc(C#N)cc2)c2c1C(=O)N(CC1(S(=O)(=O)C(C)(C)COC(F)CN)CC1)CC2.Cn1nc(C(=O)NCc2ccc(C#N)cc2)c2c1C(=O)N(CC1(S(=O)(=O)C(C)(C)COC(F)CN=[N+]=[N-])CC1)CC2. The number of aryl methyl sites for hydroxylation is 2. The van der Waals surface area contributed by atoms with Gasteiger partial charge in [-0.05, 0) is 107 Å². The number of fused-ring (bicyclic) bond motifs is 2. The van der Waals surface area contributed by atoms with Crippen molar-refractivity contribution >= 4 is 43.3 Å². The highest BCUT2D eigenvalue weighted by Gasteiger charge is 2.62. The number of amides is 4. The lowest BCUT2D eigenvalue weighted by Crippen LogP contribution is -2.52. The number of alkyl halides is 2. The first-order valence-electron chi connectivity index (χ1n) is 25.7. The van der Waals surface area contributed by atoms with E-state index in [-0.39, 0.29) is 81.1 Å². The molecule has 2 aliphatic carbocycles. The van der Waals surface area contributed by atoms with Gasteiger partial charge in [-0.25, -0.2) is 25.6 Å². The van der Waals surface area contributed by atoms with Crippen LogP contribution >= 0.6 is 0 Å². The normalized spacial score (nSPS) is 17.0. The first kappa shape index (κ1) is 60.3. The lowest BCUT2D eigenvalue weighted by Gasteiger charge is -2.35. The predicted octanol–water partition coefficient (Wildman–Crippen LogP) is 3.79. The van der Waals surface area contributed by atoms with Crippen molar-refractivity contribution in [2.45, 2.75) is 111 Å². The van der Waals surface area contributed by atoms with Crippen molar-refractivity contribution in [2.24, 2.45) is 24.9 Å². The van der Waals surface area contributed by atoms with E-state index >= 15 is 0 Å². The van der Waals surface area contributed by atoms with E-state index in [1.807, 2.05) is 12.1 Å². The molecule has 2 atom stereocenters. The molecule has 4 aliphatic rings. The van der Waals surface area contributed by atoms with Crippen LogP contribution in [0, 0.1) is 22.7 Å². The molecule has 2 aliphatic heterocycles. The zero-order valence-electron chi connectivity index (χ0n) is 45.2. The van der Waals surface area contributed by atoms with Gasteiger partial charge in [-0.15, -0.1) is 0 Å². The molecule has 2 fully saturated rings. The molecule has 4 aromatic rings. The van der Waals surface area contributed by atoms with E-state index in [2.05, 4.69) is 30.9 Å². The summed E-state index contributed by atoms with van der Waals surface area (Å²) < 4.78 is 89.5. The van der Waals surface area contributed by atoms with Gasteiger partial charge >= 0.3 is 0 Å². The van der Waals surface area contributed by atoms with Crippen LogP contribution < -0.4 is 16.4 Å². The van der Waals surface area contributed by atoms with E-state index in [4.69, 9.17) is 31.3 Å². The maximum absolute atomic E-state index is 13.9. The molecule has 2 aromatic heterocycles. The number of nitrogens with two attached hydrogens (primary N) is 1. The molecule has 8 rings (SSSR count). The molecule has 0 saturated heterocycles. The maximum Gasteiger partial charge on any atom is 0.272 e. The van der Waals surface area contributed by atoms with Crippen molar-refractivity contribution in [3.63, 3.8) is 0 Å². The van der Waals surface area contributed by atoms with Gasteiger partial charge < -0.3 is 35.6 Å².